The minimum absolute atomic E-state index is 0.0603. The smallest absolute Gasteiger partial charge is 0.0565 e. The maximum Gasteiger partial charge on any atom is 0.0565 e. The summed E-state index contributed by atoms with van der Waals surface area (Å²) in [6.45, 7) is 4.18. The van der Waals surface area contributed by atoms with Crippen molar-refractivity contribution in [1.82, 2.24) is 20.8 Å². The van der Waals surface area contributed by atoms with Crippen LogP contribution in [0.2, 0.25) is 10.0 Å². The van der Waals surface area contributed by atoms with Gasteiger partial charge in [-0.15, -0.1) is 0 Å². The molecule has 1 aromatic heterocycles. The van der Waals surface area contributed by atoms with Gasteiger partial charge in [-0.25, -0.2) is 0 Å². The van der Waals surface area contributed by atoms with Crippen LogP contribution in [-0.2, 0) is 10.8 Å². The van der Waals surface area contributed by atoms with Gasteiger partial charge in [0.15, 0.2) is 0 Å². The third-order valence-electron chi connectivity index (χ3n) is 9.37. The average Bonchev–Trinajstić information content (AvgIpc) is 3.62. The van der Waals surface area contributed by atoms with Gasteiger partial charge in [-0.05, 0) is 116 Å². The number of rotatable bonds is 5. The van der Waals surface area contributed by atoms with Gasteiger partial charge in [0.05, 0.1) is 6.20 Å². The summed E-state index contributed by atoms with van der Waals surface area (Å²) in [6.07, 6.45) is 8.22. The van der Waals surface area contributed by atoms with E-state index in [4.69, 9.17) is 23.2 Å². The summed E-state index contributed by atoms with van der Waals surface area (Å²) < 4.78 is 1.13. The maximum absolute atomic E-state index is 6.10. The van der Waals surface area contributed by atoms with E-state index in [1.807, 2.05) is 36.7 Å². The van der Waals surface area contributed by atoms with Crippen molar-refractivity contribution in [2.75, 3.05) is 26.2 Å². The highest BCUT2D eigenvalue weighted by Crippen LogP contribution is 2.42. The fourth-order valence-electron chi connectivity index (χ4n) is 6.89. The molecule has 2 aliphatic rings. The van der Waals surface area contributed by atoms with Gasteiger partial charge < -0.3 is 10.6 Å². The monoisotopic (exact) mass is 686 g/mol. The fourth-order valence-corrected chi connectivity index (χ4v) is 7.41. The molecule has 3 heterocycles. The maximum atomic E-state index is 6.10. The van der Waals surface area contributed by atoms with Crippen LogP contribution in [0.25, 0.3) is 11.1 Å². The molecule has 0 bridgehead atoms. The van der Waals surface area contributed by atoms with Gasteiger partial charge in [-0.3, -0.25) is 5.10 Å². The Kier molecular flexibility index (Phi) is 9.89. The lowest BCUT2D eigenvalue weighted by atomic mass is 9.68. The van der Waals surface area contributed by atoms with Crippen molar-refractivity contribution < 1.29 is 0 Å². The van der Waals surface area contributed by atoms with Crippen molar-refractivity contribution in [3.05, 3.63) is 146 Å². The molecule has 2 saturated heterocycles. The van der Waals surface area contributed by atoms with Crippen LogP contribution in [0.3, 0.4) is 0 Å². The van der Waals surface area contributed by atoms with E-state index in [2.05, 4.69) is 110 Å². The standard InChI is InChI=1S/C20H20ClN3.C17H17BrClN/c21-19-7-5-18(6-8-19)20(9-11-22-12-10-20)17-3-1-15(2-4-17)16-13-23-24-14-16;18-15-5-1-13(2-6-15)17(9-11-20-12-10-17)14-3-7-16(19)8-4-14/h1-8,13-14,22H,9-12H2,(H,23,24);1-8,20H,9-12H2. The van der Waals surface area contributed by atoms with E-state index in [0.29, 0.717) is 0 Å². The van der Waals surface area contributed by atoms with Gasteiger partial charge in [-0.1, -0.05) is 99.8 Å². The Morgan fingerprint density at radius 2 is 0.909 bits per heavy atom. The Morgan fingerprint density at radius 1 is 0.523 bits per heavy atom. The zero-order valence-corrected chi connectivity index (χ0v) is 27.7. The highest BCUT2D eigenvalue weighted by Gasteiger charge is 2.36. The molecule has 3 N–H and O–H groups in total. The van der Waals surface area contributed by atoms with Crippen LogP contribution in [0.5, 0.6) is 0 Å². The number of aromatic nitrogens is 2. The summed E-state index contributed by atoms with van der Waals surface area (Å²) in [4.78, 5) is 0. The normalized spacial score (nSPS) is 17.3. The predicted molar refractivity (Wildman–Crippen MR) is 187 cm³/mol. The van der Waals surface area contributed by atoms with E-state index in [-0.39, 0.29) is 10.8 Å². The van der Waals surface area contributed by atoms with Crippen LogP contribution in [0.15, 0.2) is 114 Å². The van der Waals surface area contributed by atoms with Crippen LogP contribution < -0.4 is 10.6 Å². The summed E-state index contributed by atoms with van der Waals surface area (Å²) in [5.74, 6) is 0. The van der Waals surface area contributed by atoms with Crippen molar-refractivity contribution >= 4 is 39.1 Å². The Labute approximate surface area is 278 Å². The first kappa shape index (κ1) is 31.1. The second kappa shape index (κ2) is 14.0. The minimum Gasteiger partial charge on any atom is -0.317 e. The molecule has 0 unspecified atom stereocenters. The third kappa shape index (κ3) is 6.68. The first-order chi connectivity index (χ1) is 21.5. The zero-order chi connectivity index (χ0) is 30.4. The van der Waals surface area contributed by atoms with Crippen LogP contribution in [0.4, 0.5) is 0 Å². The van der Waals surface area contributed by atoms with Crippen LogP contribution in [0.1, 0.15) is 47.9 Å². The number of piperidine rings is 2. The second-order valence-corrected chi connectivity index (χ2v) is 13.5. The van der Waals surface area contributed by atoms with Crippen LogP contribution >= 0.6 is 39.1 Å². The Morgan fingerprint density at radius 3 is 1.30 bits per heavy atom. The number of nitrogens with one attached hydrogen (secondary N) is 3. The lowest BCUT2D eigenvalue weighted by Gasteiger charge is -2.39. The number of aromatic amines is 1. The molecule has 0 amide bonds. The fraction of sp³-hybridized carbons (Fsp3) is 0.270. The van der Waals surface area contributed by atoms with E-state index in [1.54, 1.807) is 0 Å². The van der Waals surface area contributed by atoms with E-state index in [1.165, 1.54) is 27.8 Å². The molecule has 0 saturated carbocycles. The number of halogens is 3. The van der Waals surface area contributed by atoms with E-state index in [9.17, 15) is 0 Å². The van der Waals surface area contributed by atoms with Gasteiger partial charge in [0.1, 0.15) is 0 Å². The van der Waals surface area contributed by atoms with E-state index < -0.39 is 0 Å². The molecule has 2 aliphatic heterocycles. The van der Waals surface area contributed by atoms with E-state index >= 15 is 0 Å². The van der Waals surface area contributed by atoms with Crippen LogP contribution in [-0.4, -0.2) is 36.4 Å². The molecule has 4 aromatic carbocycles. The molecular weight excluding hydrogens is 651 g/mol. The first-order valence-electron chi connectivity index (χ1n) is 15.3. The summed E-state index contributed by atoms with van der Waals surface area (Å²) >= 11 is 15.7. The van der Waals surface area contributed by atoms with Gasteiger partial charge in [0, 0.05) is 37.1 Å². The molecule has 0 spiro atoms. The Balaban J connectivity index is 0.000000159. The molecule has 5 aromatic rings. The number of nitrogens with zero attached hydrogens (tertiary/aromatic N) is 1. The minimum atomic E-state index is 0.0603. The number of hydrogen-bond acceptors (Lipinski definition) is 3. The third-order valence-corrected chi connectivity index (χ3v) is 10.4. The molecule has 0 atom stereocenters. The van der Waals surface area contributed by atoms with Gasteiger partial charge >= 0.3 is 0 Å². The average molecular weight is 689 g/mol. The Hall–Kier alpha value is -2.93. The quantitative estimate of drug-likeness (QED) is 0.173. The number of hydrogen-bond donors (Lipinski definition) is 3. The van der Waals surface area contributed by atoms with Gasteiger partial charge in [0.25, 0.3) is 0 Å². The summed E-state index contributed by atoms with van der Waals surface area (Å²) in [5, 5.41) is 15.5. The van der Waals surface area contributed by atoms with Gasteiger partial charge in [0.2, 0.25) is 0 Å². The van der Waals surface area contributed by atoms with Crippen LogP contribution in [0, 0.1) is 0 Å². The van der Waals surface area contributed by atoms with Crippen molar-refractivity contribution in [3.8, 4) is 11.1 Å². The highest BCUT2D eigenvalue weighted by molar-refractivity contribution is 9.10. The molecule has 226 valence electrons. The number of benzene rings is 4. The molecule has 2 fully saturated rings. The van der Waals surface area contributed by atoms with E-state index in [0.717, 1.165) is 71.9 Å². The molecule has 0 radical (unpaired) electrons. The molecule has 0 aliphatic carbocycles. The summed E-state index contributed by atoms with van der Waals surface area (Å²) in [7, 11) is 0. The molecule has 7 rings (SSSR count). The molecule has 44 heavy (non-hydrogen) atoms. The predicted octanol–water partition coefficient (Wildman–Crippen LogP) is 9.17. The lowest BCUT2D eigenvalue weighted by Crippen LogP contribution is -2.40. The van der Waals surface area contributed by atoms with Gasteiger partial charge in [-0.2, -0.15) is 5.10 Å². The van der Waals surface area contributed by atoms with Crippen molar-refractivity contribution in [2.45, 2.75) is 36.5 Å². The molecule has 7 heteroatoms. The molecule has 4 nitrogen and oxygen atoms in total. The summed E-state index contributed by atoms with van der Waals surface area (Å²) in [5.41, 5.74) is 7.96. The highest BCUT2D eigenvalue weighted by atomic mass is 79.9. The number of H-pyrrole nitrogens is 1. The first-order valence-corrected chi connectivity index (χ1v) is 16.8. The zero-order valence-electron chi connectivity index (χ0n) is 24.6. The van der Waals surface area contributed by atoms with Crippen molar-refractivity contribution in [1.29, 1.82) is 0 Å². The SMILES string of the molecule is Clc1ccc(C2(c3ccc(-c4cn[nH]c4)cc3)CCNCC2)cc1.Clc1ccc(C2(c3ccc(Br)cc3)CCNCC2)cc1. The van der Waals surface area contributed by atoms with Crippen molar-refractivity contribution in [2.24, 2.45) is 0 Å². The molecular formula is C37H37BrCl2N4. The largest absolute Gasteiger partial charge is 0.317 e. The summed E-state index contributed by atoms with van der Waals surface area (Å²) in [6, 6.07) is 34.4. The lowest BCUT2D eigenvalue weighted by molar-refractivity contribution is 0.362. The second-order valence-electron chi connectivity index (χ2n) is 11.7. The Bertz CT molecular complexity index is 1560. The van der Waals surface area contributed by atoms with Crippen molar-refractivity contribution in [3.63, 3.8) is 0 Å². The topological polar surface area (TPSA) is 52.7 Å².